The van der Waals surface area contributed by atoms with Crippen molar-refractivity contribution in [2.24, 2.45) is 0 Å². The maximum absolute atomic E-state index is 9.44. The Bertz CT molecular complexity index is 724. The van der Waals surface area contributed by atoms with Crippen molar-refractivity contribution >= 4 is 0 Å². The van der Waals surface area contributed by atoms with Gasteiger partial charge in [-0.05, 0) is 43.1 Å². The Balaban J connectivity index is 1.64. The van der Waals surface area contributed by atoms with Gasteiger partial charge in [-0.15, -0.1) is 0 Å². The van der Waals surface area contributed by atoms with E-state index in [0.717, 1.165) is 37.2 Å². The molecule has 1 N–H and O–H groups in total. The van der Waals surface area contributed by atoms with E-state index in [4.69, 9.17) is 10.00 Å². The van der Waals surface area contributed by atoms with E-state index < -0.39 is 0 Å². The number of aliphatic hydroxyl groups excluding tert-OH is 1. The molecule has 4 nitrogen and oxygen atoms in total. The van der Waals surface area contributed by atoms with Crippen LogP contribution in [-0.2, 0) is 13.2 Å². The summed E-state index contributed by atoms with van der Waals surface area (Å²) in [7, 11) is 0. The Morgan fingerprint density at radius 3 is 2.92 bits per heavy atom. The molecule has 0 aliphatic carbocycles. The quantitative estimate of drug-likeness (QED) is 0.888. The molecule has 1 heterocycles. The molecular formula is C20H22N2O2. The van der Waals surface area contributed by atoms with Gasteiger partial charge in [0, 0.05) is 18.2 Å². The fourth-order valence-corrected chi connectivity index (χ4v) is 3.19. The van der Waals surface area contributed by atoms with E-state index in [0.29, 0.717) is 12.2 Å². The van der Waals surface area contributed by atoms with Crippen molar-refractivity contribution in [3.8, 4) is 11.8 Å². The molecule has 1 saturated heterocycles. The van der Waals surface area contributed by atoms with Gasteiger partial charge in [-0.1, -0.05) is 30.3 Å². The highest BCUT2D eigenvalue weighted by Crippen LogP contribution is 2.22. The number of hydrogen-bond acceptors (Lipinski definition) is 4. The lowest BCUT2D eigenvalue weighted by atomic mass is 10.1. The monoisotopic (exact) mass is 322 g/mol. The predicted molar refractivity (Wildman–Crippen MR) is 92.4 cm³/mol. The molecule has 0 aromatic heterocycles. The molecule has 4 heteroatoms. The van der Waals surface area contributed by atoms with Crippen LogP contribution in [0.3, 0.4) is 0 Å². The fourth-order valence-electron chi connectivity index (χ4n) is 3.19. The Morgan fingerprint density at radius 1 is 1.21 bits per heavy atom. The van der Waals surface area contributed by atoms with E-state index in [-0.39, 0.29) is 12.6 Å². The maximum atomic E-state index is 9.44. The number of nitriles is 1. The van der Waals surface area contributed by atoms with Crippen molar-refractivity contribution < 1.29 is 9.84 Å². The zero-order valence-corrected chi connectivity index (χ0v) is 13.7. The van der Waals surface area contributed by atoms with Crippen molar-refractivity contribution in [2.45, 2.75) is 32.0 Å². The molecule has 2 aromatic carbocycles. The van der Waals surface area contributed by atoms with Crippen LogP contribution in [0.2, 0.25) is 0 Å². The first-order valence-corrected chi connectivity index (χ1v) is 8.35. The van der Waals surface area contributed by atoms with Crippen LogP contribution >= 0.6 is 0 Å². The molecule has 0 amide bonds. The van der Waals surface area contributed by atoms with Crippen LogP contribution in [0.5, 0.6) is 5.75 Å². The Hall–Kier alpha value is -2.35. The minimum Gasteiger partial charge on any atom is -0.489 e. The summed E-state index contributed by atoms with van der Waals surface area (Å²) in [6, 6.07) is 18.0. The zero-order valence-electron chi connectivity index (χ0n) is 13.7. The molecule has 0 unspecified atom stereocenters. The van der Waals surface area contributed by atoms with Crippen molar-refractivity contribution in [3.05, 3.63) is 65.2 Å². The van der Waals surface area contributed by atoms with Gasteiger partial charge in [0.2, 0.25) is 0 Å². The predicted octanol–water partition coefficient (Wildman–Crippen LogP) is 3.09. The summed E-state index contributed by atoms with van der Waals surface area (Å²) < 4.78 is 5.87. The smallest absolute Gasteiger partial charge is 0.120 e. The third-order valence-electron chi connectivity index (χ3n) is 4.53. The first kappa shape index (κ1) is 16.5. The van der Waals surface area contributed by atoms with Crippen LogP contribution in [0.25, 0.3) is 0 Å². The van der Waals surface area contributed by atoms with Crippen LogP contribution in [-0.4, -0.2) is 29.2 Å². The van der Waals surface area contributed by atoms with Crippen LogP contribution < -0.4 is 4.74 Å². The lowest BCUT2D eigenvalue weighted by Gasteiger charge is -2.22. The number of hydrogen-bond donors (Lipinski definition) is 1. The lowest BCUT2D eigenvalue weighted by Crippen LogP contribution is -2.31. The second kappa shape index (κ2) is 7.96. The molecule has 0 saturated carbocycles. The minimum atomic E-state index is 0.223. The zero-order chi connectivity index (χ0) is 16.8. The molecule has 3 rings (SSSR count). The van der Waals surface area contributed by atoms with E-state index in [2.05, 4.69) is 17.0 Å². The maximum Gasteiger partial charge on any atom is 0.120 e. The summed E-state index contributed by atoms with van der Waals surface area (Å²) in [6.45, 7) is 2.47. The lowest BCUT2D eigenvalue weighted by molar-refractivity contribution is 0.153. The van der Waals surface area contributed by atoms with Crippen LogP contribution in [0.4, 0.5) is 0 Å². The molecule has 1 fully saturated rings. The van der Waals surface area contributed by atoms with E-state index in [1.165, 1.54) is 5.56 Å². The van der Waals surface area contributed by atoms with Crippen LogP contribution in [0, 0.1) is 11.3 Å². The summed E-state index contributed by atoms with van der Waals surface area (Å²) in [4.78, 5) is 2.32. The van der Waals surface area contributed by atoms with Gasteiger partial charge in [0.05, 0.1) is 18.2 Å². The van der Waals surface area contributed by atoms with Gasteiger partial charge < -0.3 is 9.84 Å². The van der Waals surface area contributed by atoms with E-state index in [1.54, 1.807) is 6.07 Å². The second-order valence-electron chi connectivity index (χ2n) is 6.15. The van der Waals surface area contributed by atoms with Crippen molar-refractivity contribution in [2.75, 3.05) is 13.2 Å². The molecule has 2 aromatic rings. The molecule has 1 aliphatic rings. The molecule has 0 spiro atoms. The van der Waals surface area contributed by atoms with Crippen molar-refractivity contribution in [1.82, 2.24) is 4.90 Å². The van der Waals surface area contributed by atoms with Crippen molar-refractivity contribution in [1.29, 1.82) is 5.26 Å². The van der Waals surface area contributed by atoms with E-state index in [1.807, 2.05) is 36.4 Å². The number of benzene rings is 2. The minimum absolute atomic E-state index is 0.223. The number of aliphatic hydroxyl groups is 1. The van der Waals surface area contributed by atoms with Crippen LogP contribution in [0.1, 0.15) is 29.5 Å². The fraction of sp³-hybridized carbons (Fsp3) is 0.350. The third-order valence-corrected chi connectivity index (χ3v) is 4.53. The van der Waals surface area contributed by atoms with E-state index >= 15 is 0 Å². The van der Waals surface area contributed by atoms with Gasteiger partial charge in [-0.3, -0.25) is 4.90 Å². The molecule has 0 bridgehead atoms. The summed E-state index contributed by atoms with van der Waals surface area (Å²) in [5.41, 5.74) is 2.73. The van der Waals surface area contributed by atoms with Gasteiger partial charge in [0.1, 0.15) is 12.4 Å². The largest absolute Gasteiger partial charge is 0.489 e. The Labute approximate surface area is 142 Å². The summed E-state index contributed by atoms with van der Waals surface area (Å²) in [5, 5.41) is 18.6. The molecular weight excluding hydrogens is 300 g/mol. The second-order valence-corrected chi connectivity index (χ2v) is 6.15. The third kappa shape index (κ3) is 3.94. The highest BCUT2D eigenvalue weighted by atomic mass is 16.5. The molecule has 24 heavy (non-hydrogen) atoms. The number of rotatable bonds is 6. The van der Waals surface area contributed by atoms with Gasteiger partial charge in [-0.25, -0.2) is 0 Å². The van der Waals surface area contributed by atoms with Gasteiger partial charge in [0.15, 0.2) is 0 Å². The standard InChI is InChI=1S/C20H22N2O2/c21-12-17-6-1-2-7-18(17)15-24-20-9-3-5-16(11-20)13-22-10-4-8-19(22)14-23/h1-3,5-7,9,11,19,23H,4,8,10,13-15H2/t19-/m1/s1. The molecule has 1 aliphatic heterocycles. The Morgan fingerprint density at radius 2 is 2.08 bits per heavy atom. The summed E-state index contributed by atoms with van der Waals surface area (Å²) in [5.74, 6) is 0.806. The van der Waals surface area contributed by atoms with Gasteiger partial charge in [-0.2, -0.15) is 5.26 Å². The highest BCUT2D eigenvalue weighted by Gasteiger charge is 2.23. The highest BCUT2D eigenvalue weighted by molar-refractivity contribution is 5.37. The normalized spacial score (nSPS) is 17.6. The average Bonchev–Trinajstić information content (AvgIpc) is 3.07. The topological polar surface area (TPSA) is 56.5 Å². The molecule has 1 atom stereocenters. The van der Waals surface area contributed by atoms with Gasteiger partial charge in [0.25, 0.3) is 0 Å². The van der Waals surface area contributed by atoms with Crippen molar-refractivity contribution in [3.63, 3.8) is 0 Å². The average molecular weight is 322 g/mol. The Kier molecular flexibility index (Phi) is 5.47. The molecule has 124 valence electrons. The molecule has 0 radical (unpaired) electrons. The number of nitrogens with zero attached hydrogens (tertiary/aromatic N) is 2. The SMILES string of the molecule is N#Cc1ccccc1COc1cccc(CN2CCC[C@@H]2CO)c1. The number of likely N-dealkylation sites (tertiary alicyclic amines) is 1. The van der Waals surface area contributed by atoms with E-state index in [9.17, 15) is 5.11 Å². The summed E-state index contributed by atoms with van der Waals surface area (Å²) >= 11 is 0. The number of ether oxygens (including phenoxy) is 1. The van der Waals surface area contributed by atoms with Crippen LogP contribution in [0.15, 0.2) is 48.5 Å². The first-order valence-electron chi connectivity index (χ1n) is 8.35. The summed E-state index contributed by atoms with van der Waals surface area (Å²) in [6.07, 6.45) is 2.21. The first-order chi connectivity index (χ1) is 11.8. The van der Waals surface area contributed by atoms with Gasteiger partial charge >= 0.3 is 0 Å².